The van der Waals surface area contributed by atoms with Crippen molar-refractivity contribution in [1.82, 2.24) is 4.90 Å². The van der Waals surface area contributed by atoms with Crippen LogP contribution in [0.4, 0.5) is 0 Å². The summed E-state index contributed by atoms with van der Waals surface area (Å²) in [7, 11) is 0. The minimum absolute atomic E-state index is 0.179. The molecule has 0 radical (unpaired) electrons. The molecule has 1 saturated heterocycles. The zero-order chi connectivity index (χ0) is 13.1. The van der Waals surface area contributed by atoms with Gasteiger partial charge in [0.25, 0.3) is 5.91 Å². The van der Waals surface area contributed by atoms with E-state index in [1.807, 2.05) is 0 Å². The van der Waals surface area contributed by atoms with Crippen LogP contribution >= 0.6 is 11.8 Å². The van der Waals surface area contributed by atoms with Gasteiger partial charge in [0, 0.05) is 12.3 Å². The van der Waals surface area contributed by atoms with Crippen molar-refractivity contribution in [2.24, 2.45) is 0 Å². The van der Waals surface area contributed by atoms with E-state index in [0.29, 0.717) is 6.54 Å². The zero-order valence-electron chi connectivity index (χ0n) is 10.3. The number of thioether (sulfide) groups is 1. The van der Waals surface area contributed by atoms with Crippen LogP contribution in [0.2, 0.25) is 0 Å². The molecule has 1 fully saturated rings. The molecule has 0 aromatic heterocycles. The van der Waals surface area contributed by atoms with E-state index in [4.69, 9.17) is 0 Å². The number of benzene rings is 1. The fourth-order valence-corrected chi connectivity index (χ4v) is 3.46. The Morgan fingerprint density at radius 3 is 3.00 bits per heavy atom. The summed E-state index contributed by atoms with van der Waals surface area (Å²) in [6.45, 7) is 2.79. The first-order valence-electron chi connectivity index (χ1n) is 6.08. The number of phenols is 2. The second-order valence-corrected chi connectivity index (χ2v) is 5.57. The molecule has 0 unspecified atom stereocenters. The summed E-state index contributed by atoms with van der Waals surface area (Å²) >= 11 is 1.77. The van der Waals surface area contributed by atoms with Crippen LogP contribution in [-0.2, 0) is 0 Å². The summed E-state index contributed by atoms with van der Waals surface area (Å²) < 4.78 is 0. The molecule has 0 aliphatic carbocycles. The van der Waals surface area contributed by atoms with Crippen LogP contribution in [0, 0.1) is 0 Å². The van der Waals surface area contributed by atoms with Gasteiger partial charge in [0.05, 0.1) is 10.9 Å². The number of hydrogen-bond donors (Lipinski definition) is 2. The van der Waals surface area contributed by atoms with Crippen molar-refractivity contribution in [2.75, 3.05) is 12.3 Å². The van der Waals surface area contributed by atoms with Gasteiger partial charge in [0.1, 0.15) is 0 Å². The number of rotatable bonds is 3. The van der Waals surface area contributed by atoms with Gasteiger partial charge >= 0.3 is 0 Å². The average Bonchev–Trinajstić information content (AvgIpc) is 2.80. The number of carbonyl (C=O) groups is 1. The standard InChI is InChI=1S/C13H17NO3S/c1-2-4-11-14(7-8-18-11)13(17)9-5-3-6-10(15)12(9)16/h3,5-6,11,15-16H,2,4,7-8H2,1H3/t11-/m0/s1. The molecule has 0 bridgehead atoms. The molecule has 1 aromatic carbocycles. The van der Waals surface area contributed by atoms with Crippen molar-refractivity contribution in [3.63, 3.8) is 0 Å². The number of nitrogens with zero attached hydrogens (tertiary/aromatic N) is 1. The summed E-state index contributed by atoms with van der Waals surface area (Å²) in [6.07, 6.45) is 1.98. The van der Waals surface area contributed by atoms with E-state index in [9.17, 15) is 15.0 Å². The molecule has 1 heterocycles. The number of phenolic OH excluding ortho intramolecular Hbond substituents is 2. The molecular formula is C13H17NO3S. The first-order chi connectivity index (χ1) is 8.65. The van der Waals surface area contributed by atoms with Crippen LogP contribution in [0.1, 0.15) is 30.1 Å². The monoisotopic (exact) mass is 267 g/mol. The Kier molecular flexibility index (Phi) is 4.01. The average molecular weight is 267 g/mol. The molecule has 1 aliphatic heterocycles. The lowest BCUT2D eigenvalue weighted by Gasteiger charge is -2.23. The fraction of sp³-hybridized carbons (Fsp3) is 0.462. The van der Waals surface area contributed by atoms with Gasteiger partial charge in [-0.2, -0.15) is 0 Å². The number of amides is 1. The second-order valence-electron chi connectivity index (χ2n) is 4.29. The largest absolute Gasteiger partial charge is 0.504 e. The Hall–Kier alpha value is -1.36. The molecule has 2 rings (SSSR count). The summed E-state index contributed by atoms with van der Waals surface area (Å²) in [5, 5.41) is 19.4. The molecule has 1 atom stereocenters. The third kappa shape index (κ3) is 2.41. The van der Waals surface area contributed by atoms with Crippen LogP contribution < -0.4 is 0 Å². The predicted molar refractivity (Wildman–Crippen MR) is 72.0 cm³/mol. The van der Waals surface area contributed by atoms with E-state index in [1.54, 1.807) is 28.8 Å². The van der Waals surface area contributed by atoms with Crippen molar-refractivity contribution in [1.29, 1.82) is 0 Å². The van der Waals surface area contributed by atoms with E-state index in [0.717, 1.165) is 18.6 Å². The molecule has 98 valence electrons. The van der Waals surface area contributed by atoms with Gasteiger partial charge in [-0.15, -0.1) is 11.8 Å². The SMILES string of the molecule is CCC[C@@H]1SCCN1C(=O)c1cccc(O)c1O. The Bertz CT molecular complexity index is 450. The van der Waals surface area contributed by atoms with E-state index in [2.05, 4.69) is 6.92 Å². The Balaban J connectivity index is 2.23. The summed E-state index contributed by atoms with van der Waals surface area (Å²) in [5.41, 5.74) is 0.179. The lowest BCUT2D eigenvalue weighted by atomic mass is 10.1. The van der Waals surface area contributed by atoms with Crippen molar-refractivity contribution in [3.05, 3.63) is 23.8 Å². The van der Waals surface area contributed by atoms with Gasteiger partial charge in [-0.3, -0.25) is 4.79 Å². The quantitative estimate of drug-likeness (QED) is 0.826. The minimum atomic E-state index is -0.324. The highest BCUT2D eigenvalue weighted by molar-refractivity contribution is 8.00. The third-order valence-corrected chi connectivity index (χ3v) is 4.32. The van der Waals surface area contributed by atoms with Gasteiger partial charge in [-0.25, -0.2) is 0 Å². The zero-order valence-corrected chi connectivity index (χ0v) is 11.1. The van der Waals surface area contributed by atoms with Crippen LogP contribution in [0.3, 0.4) is 0 Å². The molecule has 0 saturated carbocycles. The molecule has 18 heavy (non-hydrogen) atoms. The second kappa shape index (κ2) is 5.52. The smallest absolute Gasteiger partial charge is 0.258 e. The van der Waals surface area contributed by atoms with Gasteiger partial charge < -0.3 is 15.1 Å². The molecular weight excluding hydrogens is 250 g/mol. The molecule has 2 N–H and O–H groups in total. The van der Waals surface area contributed by atoms with Crippen LogP contribution in [0.5, 0.6) is 11.5 Å². The lowest BCUT2D eigenvalue weighted by molar-refractivity contribution is 0.0752. The fourth-order valence-electron chi connectivity index (χ4n) is 2.10. The van der Waals surface area contributed by atoms with E-state index in [-0.39, 0.29) is 28.3 Å². The summed E-state index contributed by atoms with van der Waals surface area (Å²) in [4.78, 5) is 14.1. The van der Waals surface area contributed by atoms with Gasteiger partial charge in [0.2, 0.25) is 0 Å². The van der Waals surface area contributed by atoms with Crippen molar-refractivity contribution < 1.29 is 15.0 Å². The highest BCUT2D eigenvalue weighted by atomic mass is 32.2. The van der Waals surface area contributed by atoms with E-state index >= 15 is 0 Å². The van der Waals surface area contributed by atoms with Crippen molar-refractivity contribution >= 4 is 17.7 Å². The summed E-state index contributed by atoms with van der Waals surface area (Å²) in [6, 6.07) is 4.48. The Morgan fingerprint density at radius 1 is 1.50 bits per heavy atom. The number of aromatic hydroxyl groups is 2. The minimum Gasteiger partial charge on any atom is -0.504 e. The maximum Gasteiger partial charge on any atom is 0.258 e. The first kappa shape index (κ1) is 13.1. The topological polar surface area (TPSA) is 60.8 Å². The number of hydrogen-bond acceptors (Lipinski definition) is 4. The lowest BCUT2D eigenvalue weighted by Crippen LogP contribution is -2.34. The molecule has 4 nitrogen and oxygen atoms in total. The molecule has 1 amide bonds. The van der Waals surface area contributed by atoms with E-state index in [1.165, 1.54) is 6.07 Å². The highest BCUT2D eigenvalue weighted by Gasteiger charge is 2.30. The maximum atomic E-state index is 12.3. The molecule has 1 aliphatic rings. The number of para-hydroxylation sites is 1. The van der Waals surface area contributed by atoms with Gasteiger partial charge in [-0.05, 0) is 18.6 Å². The maximum absolute atomic E-state index is 12.3. The van der Waals surface area contributed by atoms with Crippen molar-refractivity contribution in [2.45, 2.75) is 25.1 Å². The molecule has 5 heteroatoms. The van der Waals surface area contributed by atoms with Gasteiger partial charge in [-0.1, -0.05) is 19.4 Å². The van der Waals surface area contributed by atoms with Crippen LogP contribution in [0.25, 0.3) is 0 Å². The normalized spacial score (nSPS) is 19.2. The first-order valence-corrected chi connectivity index (χ1v) is 7.13. The van der Waals surface area contributed by atoms with E-state index < -0.39 is 0 Å². The van der Waals surface area contributed by atoms with Crippen molar-refractivity contribution in [3.8, 4) is 11.5 Å². The predicted octanol–water partition coefficient (Wildman–Crippen LogP) is 2.41. The van der Waals surface area contributed by atoms with Crippen LogP contribution in [0.15, 0.2) is 18.2 Å². The third-order valence-electron chi connectivity index (χ3n) is 3.03. The highest BCUT2D eigenvalue weighted by Crippen LogP contribution is 2.33. The summed E-state index contributed by atoms with van der Waals surface area (Å²) in [5.74, 6) is 0.150. The van der Waals surface area contributed by atoms with Crippen LogP contribution in [-0.4, -0.2) is 38.7 Å². The molecule has 1 aromatic rings. The molecule has 0 spiro atoms. The van der Waals surface area contributed by atoms with Gasteiger partial charge in [0.15, 0.2) is 11.5 Å². The Labute approximate surface area is 111 Å². The number of carbonyl (C=O) groups excluding carboxylic acids is 1. The Morgan fingerprint density at radius 2 is 2.28 bits per heavy atom.